The molecule has 1 fully saturated rings. The predicted octanol–water partition coefficient (Wildman–Crippen LogP) is 4.01. The SMILES string of the molecule is Cc1ccc(Cc2nsc(N3CCCN(C(=O)c4ccc(C)c([N+](=O)[O-])c4)CC3)n2)cc1. The number of hydrogen-bond acceptors (Lipinski definition) is 7. The Hall–Kier alpha value is -3.33. The van der Waals surface area contributed by atoms with Crippen LogP contribution in [0, 0.1) is 24.0 Å². The highest BCUT2D eigenvalue weighted by atomic mass is 32.1. The molecule has 0 atom stereocenters. The third kappa shape index (κ3) is 4.94. The second-order valence-electron chi connectivity index (χ2n) is 8.05. The molecule has 0 saturated carbocycles. The summed E-state index contributed by atoms with van der Waals surface area (Å²) < 4.78 is 4.52. The van der Waals surface area contributed by atoms with Crippen LogP contribution in [-0.2, 0) is 6.42 Å². The molecule has 32 heavy (non-hydrogen) atoms. The molecule has 166 valence electrons. The third-order valence-electron chi connectivity index (χ3n) is 5.65. The number of carbonyl (C=O) groups is 1. The van der Waals surface area contributed by atoms with Crippen LogP contribution in [0.3, 0.4) is 0 Å². The summed E-state index contributed by atoms with van der Waals surface area (Å²) >= 11 is 1.39. The maximum atomic E-state index is 13.0. The van der Waals surface area contributed by atoms with Gasteiger partial charge in [0.25, 0.3) is 11.6 Å². The minimum Gasteiger partial charge on any atom is -0.345 e. The fraction of sp³-hybridized carbons (Fsp3) is 0.348. The van der Waals surface area contributed by atoms with Crippen LogP contribution in [0.1, 0.15) is 39.3 Å². The highest BCUT2D eigenvalue weighted by Crippen LogP contribution is 2.23. The number of hydrogen-bond donors (Lipinski definition) is 0. The first-order chi connectivity index (χ1) is 15.4. The number of nitro benzene ring substituents is 1. The number of carbonyl (C=O) groups excluding carboxylic acids is 1. The molecule has 0 bridgehead atoms. The molecule has 0 spiro atoms. The van der Waals surface area contributed by atoms with E-state index < -0.39 is 4.92 Å². The summed E-state index contributed by atoms with van der Waals surface area (Å²) in [5.41, 5.74) is 3.28. The van der Waals surface area contributed by atoms with Gasteiger partial charge in [0.15, 0.2) is 0 Å². The number of nitrogens with zero attached hydrogens (tertiary/aromatic N) is 5. The van der Waals surface area contributed by atoms with Crippen LogP contribution < -0.4 is 4.90 Å². The highest BCUT2D eigenvalue weighted by Gasteiger charge is 2.24. The molecule has 1 saturated heterocycles. The van der Waals surface area contributed by atoms with Gasteiger partial charge in [-0.05, 0) is 31.9 Å². The molecule has 1 aromatic heterocycles. The van der Waals surface area contributed by atoms with Gasteiger partial charge >= 0.3 is 0 Å². The van der Waals surface area contributed by atoms with Crippen LogP contribution in [0.5, 0.6) is 0 Å². The Morgan fingerprint density at radius 2 is 1.88 bits per heavy atom. The van der Waals surface area contributed by atoms with Gasteiger partial charge in [-0.3, -0.25) is 14.9 Å². The molecule has 0 radical (unpaired) electrons. The molecular weight excluding hydrogens is 426 g/mol. The monoisotopic (exact) mass is 451 g/mol. The maximum absolute atomic E-state index is 13.0. The number of anilines is 1. The van der Waals surface area contributed by atoms with Gasteiger partial charge < -0.3 is 9.80 Å². The van der Waals surface area contributed by atoms with Gasteiger partial charge in [0.05, 0.1) is 4.92 Å². The van der Waals surface area contributed by atoms with Crippen molar-refractivity contribution in [2.24, 2.45) is 0 Å². The molecule has 0 unspecified atom stereocenters. The van der Waals surface area contributed by atoms with Gasteiger partial charge in [-0.15, -0.1) is 0 Å². The second kappa shape index (κ2) is 9.44. The molecule has 2 aromatic carbocycles. The first-order valence-electron chi connectivity index (χ1n) is 10.6. The lowest BCUT2D eigenvalue weighted by atomic mass is 10.1. The molecule has 1 aliphatic rings. The van der Waals surface area contributed by atoms with E-state index in [1.165, 1.54) is 28.7 Å². The van der Waals surface area contributed by atoms with Crippen molar-refractivity contribution in [1.29, 1.82) is 0 Å². The van der Waals surface area contributed by atoms with E-state index in [4.69, 9.17) is 4.98 Å². The topological polar surface area (TPSA) is 92.5 Å². The summed E-state index contributed by atoms with van der Waals surface area (Å²) in [6, 6.07) is 13.0. The Labute approximate surface area is 190 Å². The number of nitro groups is 1. The Morgan fingerprint density at radius 1 is 1.09 bits per heavy atom. The largest absolute Gasteiger partial charge is 0.345 e. The van der Waals surface area contributed by atoms with Crippen molar-refractivity contribution < 1.29 is 9.72 Å². The number of rotatable bonds is 5. The van der Waals surface area contributed by atoms with Crippen molar-refractivity contribution in [2.45, 2.75) is 26.7 Å². The van der Waals surface area contributed by atoms with Crippen LogP contribution in [0.4, 0.5) is 10.8 Å². The van der Waals surface area contributed by atoms with Crippen molar-refractivity contribution >= 4 is 28.3 Å². The normalized spacial score (nSPS) is 14.3. The molecular formula is C23H25N5O3S. The van der Waals surface area contributed by atoms with Crippen molar-refractivity contribution in [2.75, 3.05) is 31.1 Å². The average molecular weight is 452 g/mol. The van der Waals surface area contributed by atoms with Gasteiger partial charge in [0.1, 0.15) is 5.82 Å². The van der Waals surface area contributed by atoms with E-state index in [0.717, 1.165) is 23.9 Å². The van der Waals surface area contributed by atoms with E-state index in [1.54, 1.807) is 24.0 Å². The summed E-state index contributed by atoms with van der Waals surface area (Å²) in [5.74, 6) is 0.630. The number of benzene rings is 2. The zero-order chi connectivity index (χ0) is 22.7. The Balaban J connectivity index is 1.41. The molecule has 2 heterocycles. The van der Waals surface area contributed by atoms with Gasteiger partial charge in [-0.2, -0.15) is 4.37 Å². The third-order valence-corrected chi connectivity index (χ3v) is 6.46. The number of aryl methyl sites for hydroxylation is 2. The molecule has 4 rings (SSSR count). The van der Waals surface area contributed by atoms with Gasteiger partial charge in [0.2, 0.25) is 5.13 Å². The van der Waals surface area contributed by atoms with Gasteiger partial charge in [0, 0.05) is 61.3 Å². The lowest BCUT2D eigenvalue weighted by molar-refractivity contribution is -0.385. The van der Waals surface area contributed by atoms with E-state index in [1.807, 2.05) is 0 Å². The second-order valence-corrected chi connectivity index (χ2v) is 8.78. The first-order valence-corrected chi connectivity index (χ1v) is 11.4. The molecule has 0 N–H and O–H groups in total. The minimum atomic E-state index is -0.445. The zero-order valence-corrected chi connectivity index (χ0v) is 19.0. The molecule has 0 aliphatic carbocycles. The average Bonchev–Trinajstić information content (AvgIpc) is 3.10. The van der Waals surface area contributed by atoms with Crippen LogP contribution in [0.2, 0.25) is 0 Å². The lowest BCUT2D eigenvalue weighted by Gasteiger charge is -2.21. The molecule has 8 nitrogen and oxygen atoms in total. The summed E-state index contributed by atoms with van der Waals surface area (Å²) in [6.07, 6.45) is 1.49. The van der Waals surface area contributed by atoms with Crippen molar-refractivity contribution in [3.63, 3.8) is 0 Å². The van der Waals surface area contributed by atoms with Crippen LogP contribution in [-0.4, -0.2) is 51.3 Å². The number of aromatic nitrogens is 2. The van der Waals surface area contributed by atoms with E-state index >= 15 is 0 Å². The molecule has 3 aromatic rings. The highest BCUT2D eigenvalue weighted by molar-refractivity contribution is 7.09. The van der Waals surface area contributed by atoms with E-state index in [2.05, 4.69) is 40.5 Å². The Bertz CT molecular complexity index is 1130. The Kier molecular flexibility index (Phi) is 6.45. The summed E-state index contributed by atoms with van der Waals surface area (Å²) in [4.78, 5) is 32.4. The minimum absolute atomic E-state index is 0.0257. The van der Waals surface area contributed by atoms with Crippen LogP contribution >= 0.6 is 11.5 Å². The van der Waals surface area contributed by atoms with Crippen LogP contribution in [0.25, 0.3) is 0 Å². The quantitative estimate of drug-likeness (QED) is 0.430. The molecule has 1 aliphatic heterocycles. The Morgan fingerprint density at radius 3 is 2.62 bits per heavy atom. The maximum Gasteiger partial charge on any atom is 0.273 e. The number of amides is 1. The van der Waals surface area contributed by atoms with Gasteiger partial charge in [-0.1, -0.05) is 35.9 Å². The first kappa shape index (κ1) is 21.9. The van der Waals surface area contributed by atoms with Crippen molar-refractivity contribution in [1.82, 2.24) is 14.3 Å². The summed E-state index contributed by atoms with van der Waals surface area (Å²) in [6.45, 7) is 6.32. The molecule has 1 amide bonds. The van der Waals surface area contributed by atoms with E-state index in [0.29, 0.717) is 37.2 Å². The summed E-state index contributed by atoms with van der Waals surface area (Å²) in [7, 11) is 0. The summed E-state index contributed by atoms with van der Waals surface area (Å²) in [5, 5.41) is 12.1. The smallest absolute Gasteiger partial charge is 0.273 e. The van der Waals surface area contributed by atoms with Crippen molar-refractivity contribution in [3.05, 3.63) is 80.7 Å². The zero-order valence-electron chi connectivity index (χ0n) is 18.2. The fourth-order valence-electron chi connectivity index (χ4n) is 3.77. The standard InChI is InChI=1S/C23H25N5O3S/c1-16-4-7-18(8-5-16)14-21-24-23(32-25-21)27-11-3-10-26(12-13-27)22(29)19-9-6-17(2)20(15-19)28(30)31/h4-9,15H,3,10-14H2,1-2H3. The van der Waals surface area contributed by atoms with Gasteiger partial charge in [-0.25, -0.2) is 4.98 Å². The fourth-order valence-corrected chi connectivity index (χ4v) is 4.50. The predicted molar refractivity (Wildman–Crippen MR) is 124 cm³/mol. The van der Waals surface area contributed by atoms with Crippen LogP contribution in [0.15, 0.2) is 42.5 Å². The van der Waals surface area contributed by atoms with E-state index in [9.17, 15) is 14.9 Å². The lowest BCUT2D eigenvalue weighted by Crippen LogP contribution is -2.35. The van der Waals surface area contributed by atoms with E-state index in [-0.39, 0.29) is 11.6 Å². The van der Waals surface area contributed by atoms with Crippen molar-refractivity contribution in [3.8, 4) is 0 Å². The molecule has 9 heteroatoms.